The molecule has 1 aliphatic rings. The summed E-state index contributed by atoms with van der Waals surface area (Å²) in [4.78, 5) is 4.60. The van der Waals surface area contributed by atoms with Crippen LogP contribution in [-0.4, -0.2) is 26.2 Å². The van der Waals surface area contributed by atoms with Gasteiger partial charge in [-0.25, -0.2) is 4.39 Å². The van der Waals surface area contributed by atoms with Gasteiger partial charge in [-0.05, 0) is 42.8 Å². The molecule has 1 fully saturated rings. The van der Waals surface area contributed by atoms with Crippen molar-refractivity contribution in [3.63, 3.8) is 0 Å². The maximum absolute atomic E-state index is 13.0. The fraction of sp³-hybridized carbons (Fsp3) is 0.294. The monoisotopic (exact) mass is 285 g/mol. The van der Waals surface area contributed by atoms with Gasteiger partial charge in [-0.1, -0.05) is 12.1 Å². The van der Waals surface area contributed by atoms with Gasteiger partial charge in [0, 0.05) is 31.9 Å². The molecule has 1 saturated heterocycles. The Morgan fingerprint density at radius 2 is 1.52 bits per heavy atom. The Bertz CT molecular complexity index is 616. The number of hydrogen-bond donors (Lipinski definition) is 1. The summed E-state index contributed by atoms with van der Waals surface area (Å²) in [5.74, 6) is -0.190. The van der Waals surface area contributed by atoms with Crippen LogP contribution in [0.4, 0.5) is 21.5 Å². The van der Waals surface area contributed by atoms with E-state index in [1.54, 1.807) is 0 Å². The van der Waals surface area contributed by atoms with Crippen molar-refractivity contribution in [3.05, 3.63) is 53.8 Å². The van der Waals surface area contributed by atoms with E-state index in [2.05, 4.69) is 15.9 Å². The second-order valence-corrected chi connectivity index (χ2v) is 5.46. The van der Waals surface area contributed by atoms with Gasteiger partial charge in [0.15, 0.2) is 0 Å². The average molecular weight is 285 g/mol. The first-order valence-electron chi connectivity index (χ1n) is 7.26. The third-order valence-corrected chi connectivity index (χ3v) is 4.11. The van der Waals surface area contributed by atoms with Crippen LogP contribution in [0.3, 0.4) is 0 Å². The van der Waals surface area contributed by atoms with Gasteiger partial charge in [0.25, 0.3) is 0 Å². The van der Waals surface area contributed by atoms with Crippen LogP contribution in [0.5, 0.6) is 0 Å². The molecule has 0 aliphatic carbocycles. The van der Waals surface area contributed by atoms with E-state index in [-0.39, 0.29) is 5.82 Å². The number of nitrogens with two attached hydrogens (primary N) is 1. The van der Waals surface area contributed by atoms with Gasteiger partial charge >= 0.3 is 0 Å². The van der Waals surface area contributed by atoms with Gasteiger partial charge in [0.2, 0.25) is 0 Å². The van der Waals surface area contributed by atoms with E-state index >= 15 is 0 Å². The van der Waals surface area contributed by atoms with Crippen LogP contribution in [0.25, 0.3) is 0 Å². The summed E-state index contributed by atoms with van der Waals surface area (Å²) in [5.41, 5.74) is 10.4. The third kappa shape index (κ3) is 2.79. The van der Waals surface area contributed by atoms with E-state index in [0.29, 0.717) is 0 Å². The van der Waals surface area contributed by atoms with Crippen molar-refractivity contribution in [1.29, 1.82) is 0 Å². The van der Waals surface area contributed by atoms with E-state index in [1.807, 2.05) is 31.2 Å². The number of nitrogen functional groups attached to an aromatic ring is 1. The Morgan fingerprint density at radius 3 is 2.19 bits per heavy atom. The van der Waals surface area contributed by atoms with Crippen LogP contribution >= 0.6 is 0 Å². The molecule has 2 aromatic carbocycles. The van der Waals surface area contributed by atoms with Gasteiger partial charge in [-0.15, -0.1) is 0 Å². The molecule has 0 unspecified atom stereocenters. The van der Waals surface area contributed by atoms with Crippen LogP contribution in [0.2, 0.25) is 0 Å². The first-order chi connectivity index (χ1) is 10.1. The lowest BCUT2D eigenvalue weighted by Gasteiger charge is -2.38. The highest BCUT2D eigenvalue weighted by Crippen LogP contribution is 2.28. The molecule has 4 heteroatoms. The van der Waals surface area contributed by atoms with Crippen LogP contribution in [0, 0.1) is 12.7 Å². The summed E-state index contributed by atoms with van der Waals surface area (Å²) in [6.07, 6.45) is 0. The third-order valence-electron chi connectivity index (χ3n) is 4.11. The molecule has 1 heterocycles. The molecule has 0 aromatic heterocycles. The highest BCUT2D eigenvalue weighted by Gasteiger charge is 2.19. The van der Waals surface area contributed by atoms with Crippen molar-refractivity contribution < 1.29 is 4.39 Å². The summed E-state index contributed by atoms with van der Waals surface area (Å²) in [6.45, 7) is 5.71. The van der Waals surface area contributed by atoms with E-state index < -0.39 is 0 Å². The molecule has 0 amide bonds. The first-order valence-corrected chi connectivity index (χ1v) is 7.26. The minimum atomic E-state index is -0.190. The zero-order chi connectivity index (χ0) is 14.8. The minimum absolute atomic E-state index is 0.190. The van der Waals surface area contributed by atoms with Crippen molar-refractivity contribution >= 4 is 17.1 Å². The first kappa shape index (κ1) is 13.7. The van der Waals surface area contributed by atoms with Crippen LogP contribution in [-0.2, 0) is 0 Å². The Labute approximate surface area is 124 Å². The second kappa shape index (κ2) is 5.64. The predicted octanol–water partition coefficient (Wildman–Crippen LogP) is 3.04. The molecule has 0 radical (unpaired) electrons. The number of aryl methyl sites for hydroxylation is 1. The van der Waals surface area contributed by atoms with Crippen molar-refractivity contribution in [2.75, 3.05) is 41.7 Å². The average Bonchev–Trinajstić information content (AvgIpc) is 2.51. The van der Waals surface area contributed by atoms with Crippen molar-refractivity contribution in [3.8, 4) is 0 Å². The summed E-state index contributed by atoms with van der Waals surface area (Å²) in [5, 5.41) is 0. The maximum Gasteiger partial charge on any atom is 0.123 e. The number of para-hydroxylation sites is 1. The highest BCUT2D eigenvalue weighted by molar-refractivity contribution is 5.71. The maximum atomic E-state index is 13.0. The van der Waals surface area contributed by atoms with E-state index in [0.717, 1.165) is 48.8 Å². The largest absolute Gasteiger partial charge is 0.397 e. The summed E-state index contributed by atoms with van der Waals surface area (Å²) < 4.78 is 13.0. The lowest BCUT2D eigenvalue weighted by atomic mass is 10.1. The molecule has 1 aliphatic heterocycles. The molecule has 0 saturated carbocycles. The van der Waals surface area contributed by atoms with Crippen LogP contribution < -0.4 is 15.5 Å². The number of rotatable bonds is 2. The molecule has 0 atom stereocenters. The molecule has 0 bridgehead atoms. The number of piperazine rings is 1. The van der Waals surface area contributed by atoms with Crippen molar-refractivity contribution in [2.45, 2.75) is 6.92 Å². The molecule has 2 aromatic rings. The number of hydrogen-bond acceptors (Lipinski definition) is 3. The Morgan fingerprint density at radius 1 is 0.905 bits per heavy atom. The topological polar surface area (TPSA) is 32.5 Å². The normalized spacial score (nSPS) is 15.3. The van der Waals surface area contributed by atoms with E-state index in [4.69, 9.17) is 5.73 Å². The summed E-state index contributed by atoms with van der Waals surface area (Å²) in [6, 6.07) is 12.9. The Kier molecular flexibility index (Phi) is 3.69. The van der Waals surface area contributed by atoms with Crippen molar-refractivity contribution in [1.82, 2.24) is 0 Å². The highest BCUT2D eigenvalue weighted by atomic mass is 19.1. The quantitative estimate of drug-likeness (QED) is 0.861. The summed E-state index contributed by atoms with van der Waals surface area (Å²) in [7, 11) is 0. The molecular weight excluding hydrogens is 265 g/mol. The van der Waals surface area contributed by atoms with Gasteiger partial charge in [0.05, 0.1) is 11.4 Å². The van der Waals surface area contributed by atoms with E-state index in [9.17, 15) is 4.39 Å². The molecule has 3 rings (SSSR count). The molecule has 110 valence electrons. The molecular formula is C17H20FN3. The Balaban J connectivity index is 1.70. The van der Waals surface area contributed by atoms with Crippen LogP contribution in [0.15, 0.2) is 42.5 Å². The van der Waals surface area contributed by atoms with Crippen LogP contribution in [0.1, 0.15) is 5.56 Å². The van der Waals surface area contributed by atoms with Crippen molar-refractivity contribution in [2.24, 2.45) is 0 Å². The lowest BCUT2D eigenvalue weighted by Crippen LogP contribution is -2.46. The van der Waals surface area contributed by atoms with E-state index in [1.165, 1.54) is 12.1 Å². The minimum Gasteiger partial charge on any atom is -0.397 e. The van der Waals surface area contributed by atoms with Gasteiger partial charge in [0.1, 0.15) is 5.82 Å². The van der Waals surface area contributed by atoms with Gasteiger partial charge in [-0.3, -0.25) is 0 Å². The number of nitrogens with zero attached hydrogens (tertiary/aromatic N) is 2. The lowest BCUT2D eigenvalue weighted by molar-refractivity contribution is 0.625. The van der Waals surface area contributed by atoms with Gasteiger partial charge in [-0.2, -0.15) is 0 Å². The molecule has 2 N–H and O–H groups in total. The predicted molar refractivity (Wildman–Crippen MR) is 86.4 cm³/mol. The molecule has 0 spiro atoms. The number of benzene rings is 2. The Hall–Kier alpha value is -2.23. The smallest absolute Gasteiger partial charge is 0.123 e. The fourth-order valence-electron chi connectivity index (χ4n) is 2.80. The SMILES string of the molecule is Cc1cccc(N2CCN(c3ccc(F)cc3)CC2)c1N. The fourth-order valence-corrected chi connectivity index (χ4v) is 2.80. The standard InChI is InChI=1S/C17H20FN3/c1-13-3-2-4-16(17(13)19)21-11-9-20(10-12-21)15-7-5-14(18)6-8-15/h2-8H,9-12,19H2,1H3. The number of halogens is 1. The second-order valence-electron chi connectivity index (χ2n) is 5.46. The zero-order valence-electron chi connectivity index (χ0n) is 12.2. The molecule has 21 heavy (non-hydrogen) atoms. The zero-order valence-corrected chi connectivity index (χ0v) is 12.2. The molecule has 3 nitrogen and oxygen atoms in total. The van der Waals surface area contributed by atoms with Gasteiger partial charge < -0.3 is 15.5 Å². The number of anilines is 3. The summed E-state index contributed by atoms with van der Waals surface area (Å²) >= 11 is 0.